The molecular formula is C16H21N3O2S. The summed E-state index contributed by atoms with van der Waals surface area (Å²) in [7, 11) is 0. The number of rotatable bonds is 4. The van der Waals surface area contributed by atoms with Crippen LogP contribution in [0.25, 0.3) is 0 Å². The Bertz CT molecular complexity index is 572. The van der Waals surface area contributed by atoms with Gasteiger partial charge in [0.1, 0.15) is 5.03 Å². The lowest BCUT2D eigenvalue weighted by Crippen LogP contribution is -2.44. The van der Waals surface area contributed by atoms with E-state index in [0.717, 1.165) is 43.1 Å². The molecule has 0 aliphatic carbocycles. The molecule has 22 heavy (non-hydrogen) atoms. The van der Waals surface area contributed by atoms with E-state index in [-0.39, 0.29) is 23.5 Å². The molecule has 2 aliphatic rings. The number of hydrogen-bond acceptors (Lipinski definition) is 4. The van der Waals surface area contributed by atoms with Crippen LogP contribution in [0.5, 0.6) is 0 Å². The van der Waals surface area contributed by atoms with E-state index in [1.807, 2.05) is 17.0 Å². The highest BCUT2D eigenvalue weighted by atomic mass is 32.2. The lowest BCUT2D eigenvalue weighted by molar-refractivity contribution is -0.132. The van der Waals surface area contributed by atoms with E-state index in [9.17, 15) is 9.59 Å². The van der Waals surface area contributed by atoms with Crippen LogP contribution in [-0.4, -0.2) is 46.6 Å². The molecule has 3 rings (SSSR count). The second kappa shape index (κ2) is 6.69. The van der Waals surface area contributed by atoms with Crippen molar-refractivity contribution in [1.82, 2.24) is 9.88 Å². The van der Waals surface area contributed by atoms with Gasteiger partial charge in [-0.2, -0.15) is 0 Å². The Morgan fingerprint density at radius 1 is 1.41 bits per heavy atom. The molecule has 0 bridgehead atoms. The number of likely N-dealkylation sites (tertiary alicyclic amines) is 1. The van der Waals surface area contributed by atoms with E-state index in [1.165, 1.54) is 11.8 Å². The molecule has 6 heteroatoms. The van der Waals surface area contributed by atoms with Crippen LogP contribution in [0.15, 0.2) is 23.4 Å². The third-order valence-corrected chi connectivity index (χ3v) is 5.29. The SMILES string of the molecule is CCCN1C(=O)C(CC(=O)N2CCCC2)Sc2ncccc21. The Kier molecular flexibility index (Phi) is 4.66. The summed E-state index contributed by atoms with van der Waals surface area (Å²) >= 11 is 1.43. The Labute approximate surface area is 135 Å². The molecule has 2 aliphatic heterocycles. The number of pyridine rings is 1. The van der Waals surface area contributed by atoms with Gasteiger partial charge in [0.2, 0.25) is 11.8 Å². The average molecular weight is 319 g/mol. The lowest BCUT2D eigenvalue weighted by atomic mass is 10.2. The van der Waals surface area contributed by atoms with Gasteiger partial charge >= 0.3 is 0 Å². The molecule has 2 amide bonds. The minimum Gasteiger partial charge on any atom is -0.343 e. The highest BCUT2D eigenvalue weighted by molar-refractivity contribution is 8.00. The highest BCUT2D eigenvalue weighted by Gasteiger charge is 2.36. The van der Waals surface area contributed by atoms with Gasteiger partial charge in [0.05, 0.1) is 10.9 Å². The minimum atomic E-state index is -0.345. The molecule has 118 valence electrons. The van der Waals surface area contributed by atoms with Gasteiger partial charge in [0, 0.05) is 32.3 Å². The molecule has 0 spiro atoms. The van der Waals surface area contributed by atoms with E-state index in [1.54, 1.807) is 11.1 Å². The molecule has 0 radical (unpaired) electrons. The summed E-state index contributed by atoms with van der Waals surface area (Å²) in [5.74, 6) is 0.138. The van der Waals surface area contributed by atoms with Gasteiger partial charge in [0.25, 0.3) is 0 Å². The number of aromatic nitrogens is 1. The van der Waals surface area contributed by atoms with Crippen LogP contribution in [0.4, 0.5) is 5.69 Å². The van der Waals surface area contributed by atoms with Crippen molar-refractivity contribution < 1.29 is 9.59 Å². The van der Waals surface area contributed by atoms with E-state index in [2.05, 4.69) is 11.9 Å². The fourth-order valence-electron chi connectivity index (χ4n) is 2.99. The maximum absolute atomic E-state index is 12.7. The summed E-state index contributed by atoms with van der Waals surface area (Å²) in [6.07, 6.45) is 5.05. The molecule has 1 atom stereocenters. The zero-order valence-electron chi connectivity index (χ0n) is 12.8. The number of fused-ring (bicyclic) bond motifs is 1. The van der Waals surface area contributed by atoms with E-state index >= 15 is 0 Å². The van der Waals surface area contributed by atoms with Crippen molar-refractivity contribution in [2.75, 3.05) is 24.5 Å². The predicted octanol–water partition coefficient (Wildman–Crippen LogP) is 2.31. The van der Waals surface area contributed by atoms with Crippen LogP contribution < -0.4 is 4.90 Å². The second-order valence-corrected chi connectivity index (χ2v) is 6.91. The Morgan fingerprint density at radius 3 is 2.91 bits per heavy atom. The van der Waals surface area contributed by atoms with Crippen LogP contribution in [0, 0.1) is 0 Å². The van der Waals surface area contributed by atoms with Crippen LogP contribution >= 0.6 is 11.8 Å². The first-order valence-electron chi connectivity index (χ1n) is 7.91. The van der Waals surface area contributed by atoms with Crippen molar-refractivity contribution in [3.63, 3.8) is 0 Å². The van der Waals surface area contributed by atoms with Gasteiger partial charge in [0.15, 0.2) is 0 Å². The zero-order chi connectivity index (χ0) is 15.5. The lowest BCUT2D eigenvalue weighted by Gasteiger charge is -2.33. The molecule has 5 nitrogen and oxygen atoms in total. The summed E-state index contributed by atoms with van der Waals surface area (Å²) in [6.45, 7) is 4.39. The summed E-state index contributed by atoms with van der Waals surface area (Å²) in [4.78, 5) is 33.2. The van der Waals surface area contributed by atoms with Crippen LogP contribution in [0.2, 0.25) is 0 Å². The molecule has 3 heterocycles. The average Bonchev–Trinajstić information content (AvgIpc) is 3.06. The summed E-state index contributed by atoms with van der Waals surface area (Å²) in [6, 6.07) is 3.78. The number of nitrogens with zero attached hydrogens (tertiary/aromatic N) is 3. The number of thioether (sulfide) groups is 1. The number of carbonyl (C=O) groups excluding carboxylic acids is 2. The van der Waals surface area contributed by atoms with Crippen molar-refractivity contribution in [3.05, 3.63) is 18.3 Å². The van der Waals surface area contributed by atoms with Crippen LogP contribution in [-0.2, 0) is 9.59 Å². The smallest absolute Gasteiger partial charge is 0.241 e. The van der Waals surface area contributed by atoms with Gasteiger partial charge < -0.3 is 9.80 Å². The van der Waals surface area contributed by atoms with Crippen LogP contribution in [0.3, 0.4) is 0 Å². The van der Waals surface area contributed by atoms with Crippen molar-refractivity contribution in [1.29, 1.82) is 0 Å². The standard InChI is InChI=1S/C16H21N3O2S/c1-2-8-19-12-6-5-7-17-15(12)22-13(16(19)21)11-14(20)18-9-3-4-10-18/h5-7,13H,2-4,8-11H2,1H3. The summed E-state index contributed by atoms with van der Waals surface area (Å²) in [5, 5.41) is 0.511. The Hall–Kier alpha value is -1.56. The minimum absolute atomic E-state index is 0.0416. The fourth-order valence-corrected chi connectivity index (χ4v) is 4.14. The van der Waals surface area contributed by atoms with Crippen LogP contribution in [0.1, 0.15) is 32.6 Å². The third kappa shape index (κ3) is 2.97. The van der Waals surface area contributed by atoms with E-state index in [4.69, 9.17) is 0 Å². The molecule has 0 N–H and O–H groups in total. The molecule has 1 aromatic heterocycles. The fraction of sp³-hybridized carbons (Fsp3) is 0.562. The van der Waals surface area contributed by atoms with Crippen molar-refractivity contribution in [3.8, 4) is 0 Å². The van der Waals surface area contributed by atoms with Crippen molar-refractivity contribution >= 4 is 29.3 Å². The van der Waals surface area contributed by atoms with Gasteiger partial charge in [-0.05, 0) is 31.4 Å². The normalized spacial score (nSPS) is 21.1. The molecular weight excluding hydrogens is 298 g/mol. The molecule has 0 aromatic carbocycles. The third-order valence-electron chi connectivity index (χ3n) is 4.10. The number of hydrogen-bond donors (Lipinski definition) is 0. The molecule has 1 aromatic rings. The summed E-state index contributed by atoms with van der Waals surface area (Å²) < 4.78 is 0. The molecule has 0 saturated carbocycles. The first-order chi connectivity index (χ1) is 10.7. The van der Waals surface area contributed by atoms with E-state index in [0.29, 0.717) is 6.54 Å². The second-order valence-electron chi connectivity index (χ2n) is 5.72. The topological polar surface area (TPSA) is 53.5 Å². The van der Waals surface area contributed by atoms with Gasteiger partial charge in [-0.25, -0.2) is 4.98 Å². The monoisotopic (exact) mass is 319 g/mol. The van der Waals surface area contributed by atoms with Gasteiger partial charge in [-0.3, -0.25) is 9.59 Å². The highest BCUT2D eigenvalue weighted by Crippen LogP contribution is 2.39. The first kappa shape index (κ1) is 15.3. The Morgan fingerprint density at radius 2 is 2.18 bits per heavy atom. The molecule has 1 saturated heterocycles. The number of anilines is 1. The van der Waals surface area contributed by atoms with Crippen molar-refractivity contribution in [2.45, 2.75) is 42.9 Å². The summed E-state index contributed by atoms with van der Waals surface area (Å²) in [5.41, 5.74) is 0.879. The largest absolute Gasteiger partial charge is 0.343 e. The molecule has 1 unspecified atom stereocenters. The maximum atomic E-state index is 12.7. The number of carbonyl (C=O) groups is 2. The van der Waals surface area contributed by atoms with Gasteiger partial charge in [-0.1, -0.05) is 18.7 Å². The van der Waals surface area contributed by atoms with Crippen molar-refractivity contribution in [2.24, 2.45) is 0 Å². The molecule has 1 fully saturated rings. The van der Waals surface area contributed by atoms with Gasteiger partial charge in [-0.15, -0.1) is 0 Å². The quantitative estimate of drug-likeness (QED) is 0.854. The zero-order valence-corrected chi connectivity index (χ0v) is 13.6. The first-order valence-corrected chi connectivity index (χ1v) is 8.79. The van der Waals surface area contributed by atoms with E-state index < -0.39 is 0 Å². The Balaban J connectivity index is 1.78. The predicted molar refractivity (Wildman–Crippen MR) is 87.0 cm³/mol. The maximum Gasteiger partial charge on any atom is 0.241 e. The number of amides is 2.